The largest absolute Gasteiger partial charge is 0.479 e. The Hall–Kier alpha value is -2.89. The highest BCUT2D eigenvalue weighted by Crippen LogP contribution is 2.36. The number of anilines is 2. The molecule has 1 aliphatic heterocycles. The number of ether oxygens (including phenoxy) is 1. The average molecular weight is 283 g/mol. The zero-order valence-corrected chi connectivity index (χ0v) is 11.3. The molecule has 106 valence electrons. The Labute approximate surface area is 121 Å². The minimum atomic E-state index is -0.556. The number of hydrogen-bond donors (Lipinski definition) is 2. The lowest BCUT2D eigenvalue weighted by atomic mass is 10.2. The number of fused-ring (bicyclic) bond motifs is 1. The van der Waals surface area contributed by atoms with E-state index >= 15 is 0 Å². The van der Waals surface area contributed by atoms with Gasteiger partial charge < -0.3 is 15.4 Å². The predicted octanol–water partition coefficient (Wildman–Crippen LogP) is 2.05. The third-order valence-corrected chi connectivity index (χ3v) is 3.09. The quantitative estimate of drug-likeness (QED) is 0.884. The van der Waals surface area contributed by atoms with Crippen LogP contribution in [0.3, 0.4) is 0 Å². The van der Waals surface area contributed by atoms with E-state index in [1.54, 1.807) is 49.5 Å². The van der Waals surface area contributed by atoms with Crippen LogP contribution in [-0.2, 0) is 4.79 Å². The van der Waals surface area contributed by atoms with Crippen molar-refractivity contribution in [2.45, 2.75) is 13.0 Å². The summed E-state index contributed by atoms with van der Waals surface area (Å²) in [5.74, 6) is -0.0696. The highest BCUT2D eigenvalue weighted by Gasteiger charge is 2.26. The minimum absolute atomic E-state index is 0.248. The molecule has 0 saturated heterocycles. The summed E-state index contributed by atoms with van der Waals surface area (Å²) < 4.78 is 5.49. The fourth-order valence-corrected chi connectivity index (χ4v) is 2.01. The zero-order valence-electron chi connectivity index (χ0n) is 11.3. The fourth-order valence-electron chi connectivity index (χ4n) is 2.01. The number of carbonyl (C=O) groups excluding carboxylic acids is 2. The molecule has 0 aliphatic carbocycles. The average Bonchev–Trinajstić information content (AvgIpc) is 2.50. The van der Waals surface area contributed by atoms with E-state index in [1.165, 1.54) is 0 Å². The molecular weight excluding hydrogens is 270 g/mol. The standard InChI is InChI=1S/C15H13N3O3/c1-9-14(19)18-13-10(6-4-7-12(13)21-9)17-15(20)11-5-2-3-8-16-11/h2-9H,1H3,(H,17,20)(H,18,19). The maximum absolute atomic E-state index is 12.1. The van der Waals surface area contributed by atoms with Crippen molar-refractivity contribution in [2.24, 2.45) is 0 Å². The lowest BCUT2D eigenvalue weighted by Gasteiger charge is -2.25. The van der Waals surface area contributed by atoms with Crippen LogP contribution >= 0.6 is 0 Å². The van der Waals surface area contributed by atoms with Gasteiger partial charge in [0.05, 0.1) is 5.69 Å². The number of nitrogens with one attached hydrogen (secondary N) is 2. The Morgan fingerprint density at radius 2 is 2.14 bits per heavy atom. The van der Waals surface area contributed by atoms with E-state index in [1.807, 2.05) is 0 Å². The van der Waals surface area contributed by atoms with Crippen molar-refractivity contribution in [3.8, 4) is 5.75 Å². The van der Waals surface area contributed by atoms with E-state index in [0.29, 0.717) is 22.8 Å². The lowest BCUT2D eigenvalue weighted by Crippen LogP contribution is -2.34. The SMILES string of the molecule is CC1Oc2cccc(NC(=O)c3ccccn3)c2NC1=O. The third kappa shape index (κ3) is 2.55. The van der Waals surface area contributed by atoms with Crippen LogP contribution in [0.15, 0.2) is 42.6 Å². The number of benzene rings is 1. The Morgan fingerprint density at radius 3 is 2.90 bits per heavy atom. The minimum Gasteiger partial charge on any atom is -0.479 e. The van der Waals surface area contributed by atoms with Gasteiger partial charge in [-0.1, -0.05) is 12.1 Å². The summed E-state index contributed by atoms with van der Waals surface area (Å²) in [6.45, 7) is 1.66. The van der Waals surface area contributed by atoms with Gasteiger partial charge >= 0.3 is 0 Å². The number of para-hydroxylation sites is 1. The summed E-state index contributed by atoms with van der Waals surface area (Å²) in [4.78, 5) is 27.8. The van der Waals surface area contributed by atoms with Crippen LogP contribution < -0.4 is 15.4 Å². The van der Waals surface area contributed by atoms with Crippen LogP contribution in [0.25, 0.3) is 0 Å². The molecule has 1 aliphatic rings. The molecule has 2 amide bonds. The molecule has 1 unspecified atom stereocenters. The summed E-state index contributed by atoms with van der Waals surface area (Å²) in [5, 5.41) is 5.46. The van der Waals surface area contributed by atoms with Gasteiger partial charge in [-0.15, -0.1) is 0 Å². The molecule has 3 rings (SSSR count). The molecule has 6 nitrogen and oxygen atoms in total. The van der Waals surface area contributed by atoms with Crippen LogP contribution in [0.5, 0.6) is 5.75 Å². The van der Waals surface area contributed by atoms with E-state index in [-0.39, 0.29) is 11.8 Å². The highest BCUT2D eigenvalue weighted by atomic mass is 16.5. The van der Waals surface area contributed by atoms with E-state index < -0.39 is 6.10 Å². The Morgan fingerprint density at radius 1 is 1.29 bits per heavy atom. The van der Waals surface area contributed by atoms with Gasteiger partial charge in [-0.2, -0.15) is 0 Å². The number of carbonyl (C=O) groups is 2. The second-order valence-electron chi connectivity index (χ2n) is 4.60. The molecule has 0 saturated carbocycles. The van der Waals surface area contributed by atoms with Crippen molar-refractivity contribution in [1.82, 2.24) is 4.98 Å². The number of hydrogen-bond acceptors (Lipinski definition) is 4. The van der Waals surface area contributed by atoms with E-state index in [2.05, 4.69) is 15.6 Å². The smallest absolute Gasteiger partial charge is 0.274 e. The number of amides is 2. The van der Waals surface area contributed by atoms with Crippen molar-refractivity contribution in [3.63, 3.8) is 0 Å². The summed E-state index contributed by atoms with van der Waals surface area (Å²) in [6.07, 6.45) is 0.987. The zero-order chi connectivity index (χ0) is 14.8. The Bertz CT molecular complexity index is 701. The van der Waals surface area contributed by atoms with Gasteiger partial charge in [-0.05, 0) is 31.2 Å². The molecule has 1 aromatic carbocycles. The van der Waals surface area contributed by atoms with Crippen molar-refractivity contribution in [2.75, 3.05) is 10.6 Å². The molecule has 0 bridgehead atoms. The molecule has 2 aromatic rings. The first-order valence-electron chi connectivity index (χ1n) is 6.48. The maximum atomic E-state index is 12.1. The molecule has 0 fully saturated rings. The molecule has 1 aromatic heterocycles. The lowest BCUT2D eigenvalue weighted by molar-refractivity contribution is -0.122. The Balaban J connectivity index is 1.89. The van der Waals surface area contributed by atoms with Gasteiger partial charge in [0.25, 0.3) is 11.8 Å². The van der Waals surface area contributed by atoms with Crippen molar-refractivity contribution >= 4 is 23.2 Å². The van der Waals surface area contributed by atoms with E-state index in [4.69, 9.17) is 4.74 Å². The van der Waals surface area contributed by atoms with Gasteiger partial charge in [0.15, 0.2) is 6.10 Å². The molecule has 2 N–H and O–H groups in total. The fraction of sp³-hybridized carbons (Fsp3) is 0.133. The van der Waals surface area contributed by atoms with Gasteiger partial charge in [-0.25, -0.2) is 0 Å². The van der Waals surface area contributed by atoms with Crippen LogP contribution in [0, 0.1) is 0 Å². The predicted molar refractivity (Wildman–Crippen MR) is 77.4 cm³/mol. The Kier molecular flexibility index (Phi) is 3.27. The van der Waals surface area contributed by atoms with E-state index in [9.17, 15) is 9.59 Å². The number of pyridine rings is 1. The molecule has 0 radical (unpaired) electrons. The van der Waals surface area contributed by atoms with Gasteiger partial charge in [0.2, 0.25) is 0 Å². The van der Waals surface area contributed by atoms with Crippen LogP contribution in [-0.4, -0.2) is 22.9 Å². The van der Waals surface area contributed by atoms with Crippen LogP contribution in [0.1, 0.15) is 17.4 Å². The maximum Gasteiger partial charge on any atom is 0.274 e. The second kappa shape index (κ2) is 5.24. The first-order chi connectivity index (χ1) is 10.1. The third-order valence-electron chi connectivity index (χ3n) is 3.09. The normalized spacial score (nSPS) is 16.4. The number of nitrogens with zero attached hydrogens (tertiary/aromatic N) is 1. The molecule has 21 heavy (non-hydrogen) atoms. The van der Waals surface area contributed by atoms with Crippen molar-refractivity contribution in [1.29, 1.82) is 0 Å². The molecule has 1 atom stereocenters. The van der Waals surface area contributed by atoms with Crippen molar-refractivity contribution < 1.29 is 14.3 Å². The molecule has 2 heterocycles. The van der Waals surface area contributed by atoms with E-state index in [0.717, 1.165) is 0 Å². The second-order valence-corrected chi connectivity index (χ2v) is 4.60. The monoisotopic (exact) mass is 283 g/mol. The summed E-state index contributed by atoms with van der Waals surface area (Å²) in [7, 11) is 0. The highest BCUT2D eigenvalue weighted by molar-refractivity contribution is 6.08. The topological polar surface area (TPSA) is 80.3 Å². The number of rotatable bonds is 2. The summed E-state index contributed by atoms with van der Waals surface area (Å²) in [5.41, 5.74) is 1.24. The van der Waals surface area contributed by atoms with Gasteiger partial charge in [-0.3, -0.25) is 14.6 Å². The van der Waals surface area contributed by atoms with Gasteiger partial charge in [0.1, 0.15) is 17.1 Å². The van der Waals surface area contributed by atoms with Crippen molar-refractivity contribution in [3.05, 3.63) is 48.3 Å². The molecule has 6 heteroatoms. The number of aromatic nitrogens is 1. The first kappa shape index (κ1) is 13.1. The first-order valence-corrected chi connectivity index (χ1v) is 6.48. The summed E-state index contributed by atoms with van der Waals surface area (Å²) in [6, 6.07) is 10.3. The van der Waals surface area contributed by atoms with Gasteiger partial charge in [0, 0.05) is 6.20 Å². The van der Waals surface area contributed by atoms with Crippen LogP contribution in [0.2, 0.25) is 0 Å². The molecular formula is C15H13N3O3. The van der Waals surface area contributed by atoms with Crippen LogP contribution in [0.4, 0.5) is 11.4 Å². The summed E-state index contributed by atoms with van der Waals surface area (Å²) >= 11 is 0. The molecule has 0 spiro atoms.